The van der Waals surface area contributed by atoms with Gasteiger partial charge in [0.25, 0.3) is 5.56 Å². The van der Waals surface area contributed by atoms with Crippen molar-refractivity contribution in [1.29, 1.82) is 0 Å². The third-order valence-electron chi connectivity index (χ3n) is 2.33. The van der Waals surface area contributed by atoms with Crippen molar-refractivity contribution >= 4 is 10.8 Å². The van der Waals surface area contributed by atoms with Gasteiger partial charge in [-0.2, -0.15) is 0 Å². The van der Waals surface area contributed by atoms with Gasteiger partial charge in [0.1, 0.15) is 0 Å². The highest BCUT2D eigenvalue weighted by Gasteiger charge is 2.08. The lowest BCUT2D eigenvalue weighted by Crippen LogP contribution is -2.22. The fourth-order valence-electron chi connectivity index (χ4n) is 1.57. The van der Waals surface area contributed by atoms with Crippen LogP contribution in [0.2, 0.25) is 0 Å². The maximum Gasteiger partial charge on any atom is 0.274 e. The molecule has 0 amide bonds. The zero-order chi connectivity index (χ0) is 10.8. The highest BCUT2D eigenvalue weighted by Crippen LogP contribution is 2.18. The van der Waals surface area contributed by atoms with Gasteiger partial charge in [0.05, 0.1) is 17.9 Å². The largest absolute Gasteiger partial charge is 0.480 e. The first kappa shape index (κ1) is 9.71. The topological polar surface area (TPSA) is 44.1 Å². The van der Waals surface area contributed by atoms with Crippen LogP contribution in [-0.2, 0) is 6.54 Å². The molecule has 0 aliphatic heterocycles. The van der Waals surface area contributed by atoms with Crippen molar-refractivity contribution in [2.45, 2.75) is 13.5 Å². The quantitative estimate of drug-likeness (QED) is 0.743. The molecule has 0 aliphatic rings. The molecule has 0 bridgehead atoms. The molecule has 4 heteroatoms. The average molecular weight is 204 g/mol. The number of benzene rings is 1. The number of ether oxygens (including phenoxy) is 1. The summed E-state index contributed by atoms with van der Waals surface area (Å²) in [5.74, 6) is 0.493. The van der Waals surface area contributed by atoms with Crippen LogP contribution in [-0.4, -0.2) is 16.9 Å². The number of methoxy groups -OCH3 is 1. The summed E-state index contributed by atoms with van der Waals surface area (Å²) in [6, 6.07) is 7.32. The van der Waals surface area contributed by atoms with E-state index in [0.717, 1.165) is 5.39 Å². The Morgan fingerprint density at radius 3 is 2.60 bits per heavy atom. The van der Waals surface area contributed by atoms with Crippen molar-refractivity contribution in [3.8, 4) is 5.88 Å². The zero-order valence-electron chi connectivity index (χ0n) is 8.73. The molecule has 4 nitrogen and oxygen atoms in total. The van der Waals surface area contributed by atoms with Gasteiger partial charge in [0.15, 0.2) is 0 Å². The molecule has 1 heterocycles. The minimum absolute atomic E-state index is 0.0751. The van der Waals surface area contributed by atoms with Crippen LogP contribution in [0.25, 0.3) is 10.8 Å². The van der Waals surface area contributed by atoms with Gasteiger partial charge in [0.2, 0.25) is 5.88 Å². The third-order valence-corrected chi connectivity index (χ3v) is 2.33. The SMILES string of the molecule is CCn1nc(OC)c2ccccc2c1=O. The molecule has 0 radical (unpaired) electrons. The molecule has 1 aromatic carbocycles. The first-order valence-corrected chi connectivity index (χ1v) is 4.81. The van der Waals surface area contributed by atoms with Crippen LogP contribution >= 0.6 is 0 Å². The van der Waals surface area contributed by atoms with E-state index in [4.69, 9.17) is 4.74 Å². The number of hydrogen-bond acceptors (Lipinski definition) is 3. The van der Waals surface area contributed by atoms with Crippen LogP contribution in [0.5, 0.6) is 5.88 Å². The molecule has 0 fully saturated rings. The molecule has 78 valence electrons. The van der Waals surface area contributed by atoms with E-state index >= 15 is 0 Å². The van der Waals surface area contributed by atoms with Crippen molar-refractivity contribution in [1.82, 2.24) is 9.78 Å². The molecule has 2 rings (SSSR count). The number of aryl methyl sites for hydroxylation is 1. The molecule has 15 heavy (non-hydrogen) atoms. The fourth-order valence-corrected chi connectivity index (χ4v) is 1.57. The molecule has 0 unspecified atom stereocenters. The number of hydrogen-bond donors (Lipinski definition) is 0. The lowest BCUT2D eigenvalue weighted by molar-refractivity contribution is 0.384. The Labute approximate surface area is 87.1 Å². The Kier molecular flexibility index (Phi) is 2.41. The molecule has 2 aromatic rings. The molecule has 0 saturated carbocycles. The second-order valence-electron chi connectivity index (χ2n) is 3.18. The fraction of sp³-hybridized carbons (Fsp3) is 0.273. The van der Waals surface area contributed by atoms with Gasteiger partial charge in [-0.15, -0.1) is 5.10 Å². The summed E-state index contributed by atoms with van der Waals surface area (Å²) in [5.41, 5.74) is -0.0751. The van der Waals surface area contributed by atoms with Crippen LogP contribution in [0.4, 0.5) is 0 Å². The zero-order valence-corrected chi connectivity index (χ0v) is 8.73. The maximum absolute atomic E-state index is 11.9. The molecule has 0 aliphatic carbocycles. The lowest BCUT2D eigenvalue weighted by atomic mass is 10.2. The average Bonchev–Trinajstić information content (AvgIpc) is 2.30. The van der Waals surface area contributed by atoms with Gasteiger partial charge in [0, 0.05) is 6.54 Å². The smallest absolute Gasteiger partial charge is 0.274 e. The number of rotatable bonds is 2. The van der Waals surface area contributed by atoms with Gasteiger partial charge in [-0.3, -0.25) is 4.79 Å². The normalized spacial score (nSPS) is 10.5. The van der Waals surface area contributed by atoms with E-state index in [1.54, 1.807) is 13.2 Å². The Bertz CT molecular complexity index is 546. The van der Waals surface area contributed by atoms with Gasteiger partial charge in [-0.1, -0.05) is 12.1 Å². The predicted molar refractivity (Wildman–Crippen MR) is 58.2 cm³/mol. The van der Waals surface area contributed by atoms with Crippen molar-refractivity contribution in [3.63, 3.8) is 0 Å². The van der Waals surface area contributed by atoms with Gasteiger partial charge >= 0.3 is 0 Å². The van der Waals surface area contributed by atoms with Crippen molar-refractivity contribution < 1.29 is 4.74 Å². The summed E-state index contributed by atoms with van der Waals surface area (Å²) < 4.78 is 6.56. The van der Waals surface area contributed by atoms with Gasteiger partial charge < -0.3 is 4.74 Å². The van der Waals surface area contributed by atoms with Crippen molar-refractivity contribution in [2.75, 3.05) is 7.11 Å². The van der Waals surface area contributed by atoms with E-state index in [1.807, 2.05) is 25.1 Å². The third kappa shape index (κ3) is 1.48. The minimum Gasteiger partial charge on any atom is -0.480 e. The maximum atomic E-state index is 11.9. The Balaban J connectivity index is 2.90. The van der Waals surface area contributed by atoms with Gasteiger partial charge in [-0.25, -0.2) is 4.68 Å². The summed E-state index contributed by atoms with van der Waals surface area (Å²) in [7, 11) is 1.55. The molecule has 0 atom stereocenters. The summed E-state index contributed by atoms with van der Waals surface area (Å²) in [4.78, 5) is 11.9. The standard InChI is InChI=1S/C11H12N2O2/c1-3-13-11(14)9-7-5-4-6-8(9)10(12-13)15-2/h4-7H,3H2,1-2H3. The first-order chi connectivity index (χ1) is 7.27. The number of fused-ring (bicyclic) bond motifs is 1. The number of nitrogens with zero attached hydrogens (tertiary/aromatic N) is 2. The van der Waals surface area contributed by atoms with E-state index < -0.39 is 0 Å². The van der Waals surface area contributed by atoms with E-state index in [1.165, 1.54) is 4.68 Å². The lowest BCUT2D eigenvalue weighted by Gasteiger charge is -2.07. The monoisotopic (exact) mass is 204 g/mol. The van der Waals surface area contributed by atoms with E-state index in [9.17, 15) is 4.79 Å². The Hall–Kier alpha value is -1.84. The molecular weight excluding hydrogens is 192 g/mol. The van der Waals surface area contributed by atoms with E-state index in [-0.39, 0.29) is 5.56 Å². The molecule has 1 aromatic heterocycles. The van der Waals surface area contributed by atoms with E-state index in [0.29, 0.717) is 17.8 Å². The second kappa shape index (κ2) is 3.73. The van der Waals surface area contributed by atoms with Crippen LogP contribution in [0.3, 0.4) is 0 Å². The molecular formula is C11H12N2O2. The van der Waals surface area contributed by atoms with E-state index in [2.05, 4.69) is 5.10 Å². The summed E-state index contributed by atoms with van der Waals surface area (Å²) >= 11 is 0. The molecule has 0 spiro atoms. The minimum atomic E-state index is -0.0751. The first-order valence-electron chi connectivity index (χ1n) is 4.81. The molecule has 0 N–H and O–H groups in total. The second-order valence-corrected chi connectivity index (χ2v) is 3.18. The summed E-state index contributed by atoms with van der Waals surface area (Å²) in [6.45, 7) is 2.42. The highest BCUT2D eigenvalue weighted by molar-refractivity contribution is 5.85. The summed E-state index contributed by atoms with van der Waals surface area (Å²) in [6.07, 6.45) is 0. The van der Waals surface area contributed by atoms with Crippen molar-refractivity contribution in [2.24, 2.45) is 0 Å². The van der Waals surface area contributed by atoms with Crippen LogP contribution < -0.4 is 10.3 Å². The number of aromatic nitrogens is 2. The Morgan fingerprint density at radius 2 is 2.00 bits per heavy atom. The van der Waals surface area contributed by atoms with Crippen LogP contribution in [0.1, 0.15) is 6.92 Å². The van der Waals surface area contributed by atoms with Crippen LogP contribution in [0, 0.1) is 0 Å². The van der Waals surface area contributed by atoms with Gasteiger partial charge in [-0.05, 0) is 19.1 Å². The Morgan fingerprint density at radius 1 is 1.33 bits per heavy atom. The predicted octanol–water partition coefficient (Wildman–Crippen LogP) is 1.42. The van der Waals surface area contributed by atoms with Crippen LogP contribution in [0.15, 0.2) is 29.1 Å². The highest BCUT2D eigenvalue weighted by atomic mass is 16.5. The summed E-state index contributed by atoms with van der Waals surface area (Å²) in [5, 5.41) is 5.52. The molecule has 0 saturated heterocycles. The van der Waals surface area contributed by atoms with Crippen molar-refractivity contribution in [3.05, 3.63) is 34.6 Å².